The van der Waals surface area contributed by atoms with Crippen molar-refractivity contribution in [3.8, 4) is 23.1 Å². The zero-order valence-corrected chi connectivity index (χ0v) is 20.2. The molecule has 1 atom stereocenters. The van der Waals surface area contributed by atoms with Crippen LogP contribution in [0.15, 0.2) is 60.9 Å². The molecule has 180 valence electrons. The highest BCUT2D eigenvalue weighted by Crippen LogP contribution is 2.36. The van der Waals surface area contributed by atoms with Gasteiger partial charge in [0.15, 0.2) is 0 Å². The molecule has 5 rings (SSSR count). The van der Waals surface area contributed by atoms with Crippen LogP contribution in [-0.2, 0) is 4.79 Å². The first-order valence-corrected chi connectivity index (χ1v) is 11.8. The van der Waals surface area contributed by atoms with E-state index in [2.05, 4.69) is 22.1 Å². The van der Waals surface area contributed by atoms with Crippen molar-refractivity contribution in [2.24, 2.45) is 0 Å². The third-order valence-electron chi connectivity index (χ3n) is 6.43. The molecule has 3 N–H and O–H groups in total. The summed E-state index contributed by atoms with van der Waals surface area (Å²) in [5.41, 5.74) is 10.6. The summed E-state index contributed by atoms with van der Waals surface area (Å²) in [6.45, 7) is 4.18. The Balaban J connectivity index is 1.54. The van der Waals surface area contributed by atoms with Crippen LogP contribution in [0.3, 0.4) is 0 Å². The van der Waals surface area contributed by atoms with E-state index < -0.39 is 0 Å². The Bertz CT molecular complexity index is 1530. The van der Waals surface area contributed by atoms with Gasteiger partial charge in [0, 0.05) is 35.8 Å². The van der Waals surface area contributed by atoms with E-state index in [9.17, 15) is 9.59 Å². The van der Waals surface area contributed by atoms with E-state index >= 15 is 0 Å². The first kappa shape index (κ1) is 23.1. The van der Waals surface area contributed by atoms with Crippen molar-refractivity contribution in [2.75, 3.05) is 17.6 Å². The van der Waals surface area contributed by atoms with Crippen LogP contribution in [-0.4, -0.2) is 37.6 Å². The molecular weight excluding hydrogens is 452 g/mol. The summed E-state index contributed by atoms with van der Waals surface area (Å²) in [5.74, 6) is 6.03. The molecule has 1 aliphatic heterocycles. The van der Waals surface area contributed by atoms with E-state index in [1.807, 2.05) is 60.0 Å². The highest BCUT2D eigenvalue weighted by atomic mass is 16.2. The van der Waals surface area contributed by atoms with E-state index in [0.717, 1.165) is 35.5 Å². The summed E-state index contributed by atoms with van der Waals surface area (Å²) in [7, 11) is 0. The van der Waals surface area contributed by atoms with Crippen molar-refractivity contribution in [2.45, 2.75) is 32.7 Å². The predicted molar refractivity (Wildman–Crippen MR) is 139 cm³/mol. The summed E-state index contributed by atoms with van der Waals surface area (Å²) in [6.07, 6.45) is 5.11. The molecule has 0 radical (unpaired) electrons. The van der Waals surface area contributed by atoms with Crippen LogP contribution in [0.2, 0.25) is 0 Å². The number of nitrogen functional groups attached to an aromatic ring is 1. The number of hydrogen-bond donors (Lipinski definition) is 2. The van der Waals surface area contributed by atoms with Gasteiger partial charge in [-0.25, -0.2) is 9.97 Å². The minimum atomic E-state index is -0.210. The molecule has 0 unspecified atom stereocenters. The van der Waals surface area contributed by atoms with Gasteiger partial charge in [-0.3, -0.25) is 14.0 Å². The van der Waals surface area contributed by atoms with Crippen molar-refractivity contribution in [3.05, 3.63) is 77.9 Å². The van der Waals surface area contributed by atoms with E-state index in [1.54, 1.807) is 24.1 Å². The van der Waals surface area contributed by atoms with Gasteiger partial charge in [-0.05, 0) is 62.4 Å². The third kappa shape index (κ3) is 4.16. The number of nitrogens with zero attached hydrogens (tertiary/aromatic N) is 4. The monoisotopic (exact) mass is 478 g/mol. The number of nitrogens with two attached hydrogens (primary N) is 1. The van der Waals surface area contributed by atoms with Crippen molar-refractivity contribution in [1.29, 1.82) is 0 Å². The van der Waals surface area contributed by atoms with Gasteiger partial charge in [0.1, 0.15) is 22.9 Å². The number of carbonyl (C=O) groups is 2. The van der Waals surface area contributed by atoms with E-state index in [1.165, 1.54) is 0 Å². The average Bonchev–Trinajstić information content (AvgIpc) is 3.50. The zero-order chi connectivity index (χ0) is 25.2. The number of benzene rings is 2. The molecule has 1 saturated heterocycles. The second-order valence-corrected chi connectivity index (χ2v) is 8.73. The average molecular weight is 479 g/mol. The number of amides is 2. The molecule has 4 aromatic rings. The Kier molecular flexibility index (Phi) is 6.13. The van der Waals surface area contributed by atoms with Gasteiger partial charge < -0.3 is 16.0 Å². The Morgan fingerprint density at radius 2 is 1.97 bits per heavy atom. The van der Waals surface area contributed by atoms with Crippen molar-refractivity contribution < 1.29 is 9.59 Å². The molecule has 1 fully saturated rings. The van der Waals surface area contributed by atoms with Gasteiger partial charge >= 0.3 is 0 Å². The molecule has 2 amide bonds. The van der Waals surface area contributed by atoms with Gasteiger partial charge in [-0.15, -0.1) is 0 Å². The quantitative estimate of drug-likeness (QED) is 0.427. The maximum absolute atomic E-state index is 12.9. The largest absolute Gasteiger partial charge is 0.382 e. The second-order valence-electron chi connectivity index (χ2n) is 8.73. The number of aryl methyl sites for hydroxylation is 1. The topological polar surface area (TPSA) is 106 Å². The van der Waals surface area contributed by atoms with Crippen molar-refractivity contribution in [3.63, 3.8) is 0 Å². The number of anilines is 2. The van der Waals surface area contributed by atoms with Crippen molar-refractivity contribution in [1.82, 2.24) is 19.3 Å². The van der Waals surface area contributed by atoms with E-state index in [-0.39, 0.29) is 17.9 Å². The smallest absolute Gasteiger partial charge is 0.299 e. The molecule has 0 saturated carbocycles. The molecule has 0 spiro atoms. The van der Waals surface area contributed by atoms with Crippen LogP contribution in [0, 0.1) is 18.8 Å². The zero-order valence-electron chi connectivity index (χ0n) is 20.2. The molecule has 0 aliphatic carbocycles. The minimum absolute atomic E-state index is 0.182. The fraction of sp³-hybridized carbons (Fsp3) is 0.214. The number of carbonyl (C=O) groups excluding carboxylic acids is 2. The Hall–Kier alpha value is -4.64. The van der Waals surface area contributed by atoms with Crippen LogP contribution in [0.25, 0.3) is 16.8 Å². The first-order chi connectivity index (χ1) is 17.5. The van der Waals surface area contributed by atoms with Crippen LogP contribution in [0.4, 0.5) is 11.5 Å². The fourth-order valence-electron chi connectivity index (χ4n) is 4.77. The molecule has 8 nitrogen and oxygen atoms in total. The lowest BCUT2D eigenvalue weighted by molar-refractivity contribution is -0.126. The first-order valence-electron chi connectivity index (χ1n) is 11.8. The lowest BCUT2D eigenvalue weighted by Gasteiger charge is -2.21. The van der Waals surface area contributed by atoms with Gasteiger partial charge in [0.2, 0.25) is 0 Å². The molecule has 1 aliphatic rings. The fourth-order valence-corrected chi connectivity index (χ4v) is 4.77. The third-order valence-corrected chi connectivity index (χ3v) is 6.43. The van der Waals surface area contributed by atoms with Gasteiger partial charge in [-0.2, -0.15) is 0 Å². The Morgan fingerprint density at radius 1 is 1.17 bits per heavy atom. The predicted octanol–water partition coefficient (Wildman–Crippen LogP) is 4.23. The number of fused-ring (bicyclic) bond motifs is 1. The van der Waals surface area contributed by atoms with Crippen molar-refractivity contribution >= 4 is 28.8 Å². The lowest BCUT2D eigenvalue weighted by Crippen LogP contribution is -2.30. The van der Waals surface area contributed by atoms with Crippen LogP contribution >= 0.6 is 0 Å². The molecule has 3 heterocycles. The highest BCUT2D eigenvalue weighted by Gasteiger charge is 2.33. The maximum atomic E-state index is 12.9. The number of nitrogens with one attached hydrogen (secondary N) is 1. The summed E-state index contributed by atoms with van der Waals surface area (Å²) in [6, 6.07) is 14.7. The van der Waals surface area contributed by atoms with Crippen LogP contribution < -0.4 is 11.1 Å². The highest BCUT2D eigenvalue weighted by molar-refractivity contribution is 6.05. The second kappa shape index (κ2) is 9.55. The molecule has 36 heavy (non-hydrogen) atoms. The van der Waals surface area contributed by atoms with E-state index in [4.69, 9.17) is 10.7 Å². The van der Waals surface area contributed by atoms with E-state index in [0.29, 0.717) is 29.1 Å². The number of para-hydroxylation sites is 1. The molecule has 2 aromatic heterocycles. The number of imidazole rings is 1. The summed E-state index contributed by atoms with van der Waals surface area (Å²) in [4.78, 5) is 36.5. The number of rotatable bonds is 4. The van der Waals surface area contributed by atoms with Crippen LogP contribution in [0.5, 0.6) is 0 Å². The van der Waals surface area contributed by atoms with Gasteiger partial charge in [-0.1, -0.05) is 30.2 Å². The number of likely N-dealkylation sites (tertiary alicyclic amines) is 1. The Morgan fingerprint density at radius 3 is 2.72 bits per heavy atom. The summed E-state index contributed by atoms with van der Waals surface area (Å²) < 4.78 is 1.92. The lowest BCUT2D eigenvalue weighted by atomic mass is 10.0. The molecule has 0 bridgehead atoms. The standard InChI is InChI=1S/C28H26N6O2/c1-3-8-23(35)33-15-7-11-22(33)27-32-24(25-26(29)30-14-16-34(25)27)19-12-13-21(18(2)17-19)28(36)31-20-9-5-4-6-10-20/h4-6,9-10,12-14,16-17,22H,7,11,15H2,1-2H3,(H2,29,30)(H,31,36)/t22-/m0/s1. The molecular formula is C28H26N6O2. The number of aromatic nitrogens is 3. The molecule has 2 aromatic carbocycles. The summed E-state index contributed by atoms with van der Waals surface area (Å²) >= 11 is 0. The molecule has 8 heteroatoms. The van der Waals surface area contributed by atoms with Gasteiger partial charge in [0.05, 0.1) is 6.04 Å². The summed E-state index contributed by atoms with van der Waals surface area (Å²) in [5, 5.41) is 2.93. The van der Waals surface area contributed by atoms with Gasteiger partial charge in [0.25, 0.3) is 11.8 Å². The minimum Gasteiger partial charge on any atom is -0.382 e. The van der Waals surface area contributed by atoms with Crippen LogP contribution in [0.1, 0.15) is 47.6 Å². The number of hydrogen-bond acceptors (Lipinski definition) is 5. The maximum Gasteiger partial charge on any atom is 0.299 e. The Labute approximate surface area is 209 Å². The SMILES string of the molecule is CC#CC(=O)N1CCC[C@H]1c1nc(-c2ccc(C(=O)Nc3ccccc3)c(C)c2)c2c(N)nccn12. The normalized spacial score (nSPS) is 14.9.